The van der Waals surface area contributed by atoms with Crippen LogP contribution < -0.4 is 0 Å². The van der Waals surface area contributed by atoms with Gasteiger partial charge in [0.25, 0.3) is 0 Å². The van der Waals surface area contributed by atoms with Gasteiger partial charge in [-0.05, 0) is 48.7 Å². The van der Waals surface area contributed by atoms with Gasteiger partial charge in [-0.15, -0.1) is 10.2 Å². The molecule has 0 bridgehead atoms. The Morgan fingerprint density at radius 1 is 1.00 bits per heavy atom. The van der Waals surface area contributed by atoms with Crippen LogP contribution in [-0.2, 0) is 17.0 Å². The van der Waals surface area contributed by atoms with Crippen molar-refractivity contribution in [2.45, 2.75) is 36.4 Å². The molecule has 0 aliphatic carbocycles. The van der Waals surface area contributed by atoms with Crippen LogP contribution in [0.3, 0.4) is 0 Å². The van der Waals surface area contributed by atoms with Crippen molar-refractivity contribution in [2.75, 3.05) is 6.61 Å². The number of pyridine rings is 1. The number of halogens is 2. The normalized spacial score (nSPS) is 15.5. The summed E-state index contributed by atoms with van der Waals surface area (Å²) in [4.78, 5) is 4.93. The topological polar surface area (TPSA) is 52.8 Å². The Kier molecular flexibility index (Phi) is 6.91. The summed E-state index contributed by atoms with van der Waals surface area (Å²) in [6.07, 6.45) is 2.12. The molecule has 3 aromatic carbocycles. The maximum Gasteiger partial charge on any atom is 0.191 e. The molecule has 6 rings (SSSR count). The molecule has 3 heterocycles. The molecule has 0 amide bonds. The summed E-state index contributed by atoms with van der Waals surface area (Å²) in [6, 6.07) is 24.7. The molecule has 186 valence electrons. The third-order valence-electron chi connectivity index (χ3n) is 6.52. The second kappa shape index (κ2) is 10.6. The number of rotatable bonds is 7. The van der Waals surface area contributed by atoms with Gasteiger partial charge in [0, 0.05) is 33.9 Å². The molecule has 8 heteroatoms. The van der Waals surface area contributed by atoms with Crippen molar-refractivity contribution in [1.29, 1.82) is 0 Å². The highest BCUT2D eigenvalue weighted by Gasteiger charge is 2.23. The van der Waals surface area contributed by atoms with Crippen molar-refractivity contribution in [1.82, 2.24) is 19.7 Å². The molecule has 5 nitrogen and oxygen atoms in total. The van der Waals surface area contributed by atoms with Crippen molar-refractivity contribution in [3.8, 4) is 22.6 Å². The van der Waals surface area contributed by atoms with Crippen molar-refractivity contribution >= 4 is 34.3 Å². The third kappa shape index (κ3) is 5.12. The van der Waals surface area contributed by atoms with Crippen molar-refractivity contribution in [2.24, 2.45) is 0 Å². The summed E-state index contributed by atoms with van der Waals surface area (Å²) < 4.78 is 22.0. The Labute approximate surface area is 223 Å². The number of aromatic nitrogens is 4. The Bertz CT molecular complexity index is 1550. The third-order valence-corrected chi connectivity index (χ3v) is 7.90. The van der Waals surface area contributed by atoms with E-state index in [1.165, 1.54) is 23.9 Å². The fraction of sp³-hybridized carbons (Fsp3) is 0.207. The number of hydrogen-bond acceptors (Lipinski definition) is 5. The Morgan fingerprint density at radius 3 is 2.68 bits per heavy atom. The first kappa shape index (κ1) is 24.1. The predicted octanol–water partition coefficient (Wildman–Crippen LogP) is 7.42. The first-order chi connectivity index (χ1) is 18.2. The average molecular weight is 531 g/mol. The second-order valence-electron chi connectivity index (χ2n) is 9.01. The lowest BCUT2D eigenvalue weighted by Crippen LogP contribution is -2.16. The predicted molar refractivity (Wildman–Crippen MR) is 146 cm³/mol. The van der Waals surface area contributed by atoms with Crippen LogP contribution in [0.25, 0.3) is 33.5 Å². The van der Waals surface area contributed by atoms with E-state index in [2.05, 4.69) is 39.0 Å². The molecular formula is C29H24ClFN4OS. The first-order valence-corrected chi connectivity index (χ1v) is 13.6. The maximum atomic E-state index is 13.9. The van der Waals surface area contributed by atoms with Gasteiger partial charge in [-0.2, -0.15) is 0 Å². The number of ether oxygens (including phenoxy) is 1. The molecule has 1 saturated heterocycles. The van der Waals surface area contributed by atoms with Crippen LogP contribution in [0, 0.1) is 5.82 Å². The van der Waals surface area contributed by atoms with Gasteiger partial charge < -0.3 is 4.74 Å². The Morgan fingerprint density at radius 2 is 1.84 bits per heavy atom. The number of fused-ring (bicyclic) bond motifs is 1. The maximum absolute atomic E-state index is 13.9. The van der Waals surface area contributed by atoms with Gasteiger partial charge in [-0.3, -0.25) is 4.57 Å². The van der Waals surface area contributed by atoms with Gasteiger partial charge in [0.05, 0.1) is 23.9 Å². The van der Waals surface area contributed by atoms with Gasteiger partial charge in [-0.25, -0.2) is 9.37 Å². The highest BCUT2D eigenvalue weighted by molar-refractivity contribution is 7.98. The van der Waals surface area contributed by atoms with E-state index in [1.807, 2.05) is 36.4 Å². The second-order valence-corrected chi connectivity index (χ2v) is 10.4. The number of thioether (sulfide) groups is 1. The summed E-state index contributed by atoms with van der Waals surface area (Å²) in [7, 11) is 0. The molecule has 1 aliphatic heterocycles. The molecule has 0 unspecified atom stereocenters. The van der Waals surface area contributed by atoms with E-state index in [0.29, 0.717) is 17.3 Å². The molecule has 2 aromatic heterocycles. The van der Waals surface area contributed by atoms with E-state index in [0.717, 1.165) is 63.7 Å². The van der Waals surface area contributed by atoms with Crippen LogP contribution in [0.1, 0.15) is 18.4 Å². The molecular weight excluding hydrogens is 507 g/mol. The standard InChI is InChI=1S/C29H24ClFN4OS/c30-25-13-12-21(31)15-20(25)18-37-29-34-33-28(35(29)17-22-9-6-14-36-22)24-16-27(19-7-2-1-3-8-19)32-26-11-5-4-10-23(24)26/h1-5,7-8,10-13,15-16,22H,6,9,14,17-18H2/t22-/m1/s1. The largest absolute Gasteiger partial charge is 0.376 e. The van der Waals surface area contributed by atoms with E-state index < -0.39 is 0 Å². The molecule has 1 fully saturated rings. The summed E-state index contributed by atoms with van der Waals surface area (Å²) in [5, 5.41) is 11.5. The Hall–Kier alpha value is -3.26. The number of benzene rings is 3. The SMILES string of the molecule is Fc1ccc(Cl)c(CSc2nnc(-c3cc(-c4ccccc4)nc4ccccc34)n2C[C@H]2CCCO2)c1. The lowest BCUT2D eigenvalue weighted by Gasteiger charge is -2.16. The molecule has 37 heavy (non-hydrogen) atoms. The summed E-state index contributed by atoms with van der Waals surface area (Å²) in [6.45, 7) is 1.40. The zero-order chi connectivity index (χ0) is 25.2. The quantitative estimate of drug-likeness (QED) is 0.205. The number of nitrogens with zero attached hydrogens (tertiary/aromatic N) is 4. The summed E-state index contributed by atoms with van der Waals surface area (Å²) >= 11 is 7.83. The molecule has 0 spiro atoms. The van der Waals surface area contributed by atoms with Crippen LogP contribution in [0.15, 0.2) is 84.0 Å². The van der Waals surface area contributed by atoms with E-state index >= 15 is 0 Å². The van der Waals surface area contributed by atoms with E-state index in [9.17, 15) is 4.39 Å². The highest BCUT2D eigenvalue weighted by atomic mass is 35.5. The number of para-hydroxylation sites is 1. The molecule has 0 saturated carbocycles. The molecule has 5 aromatic rings. The van der Waals surface area contributed by atoms with Crippen LogP contribution in [0.2, 0.25) is 5.02 Å². The Balaban J connectivity index is 1.45. The van der Waals surface area contributed by atoms with Gasteiger partial charge in [0.1, 0.15) is 5.82 Å². The van der Waals surface area contributed by atoms with Crippen LogP contribution in [0.4, 0.5) is 4.39 Å². The lowest BCUT2D eigenvalue weighted by molar-refractivity contribution is 0.0953. The highest BCUT2D eigenvalue weighted by Crippen LogP contribution is 2.35. The molecule has 0 radical (unpaired) electrons. The van der Waals surface area contributed by atoms with E-state index in [-0.39, 0.29) is 11.9 Å². The molecule has 1 atom stereocenters. The molecule has 1 aliphatic rings. The summed E-state index contributed by atoms with van der Waals surface area (Å²) in [5.74, 6) is 0.935. The minimum absolute atomic E-state index is 0.0913. The van der Waals surface area contributed by atoms with Crippen molar-refractivity contribution < 1.29 is 9.13 Å². The zero-order valence-corrected chi connectivity index (χ0v) is 21.6. The number of hydrogen-bond donors (Lipinski definition) is 0. The first-order valence-electron chi connectivity index (χ1n) is 12.2. The van der Waals surface area contributed by atoms with Gasteiger partial charge in [-0.1, -0.05) is 71.9 Å². The molecule has 0 N–H and O–H groups in total. The zero-order valence-electron chi connectivity index (χ0n) is 20.0. The van der Waals surface area contributed by atoms with E-state index in [1.54, 1.807) is 6.07 Å². The van der Waals surface area contributed by atoms with Gasteiger partial charge >= 0.3 is 0 Å². The fourth-order valence-corrected chi connectivity index (χ4v) is 5.87. The minimum Gasteiger partial charge on any atom is -0.376 e. The van der Waals surface area contributed by atoms with Crippen LogP contribution in [0.5, 0.6) is 0 Å². The van der Waals surface area contributed by atoms with Crippen molar-refractivity contribution in [3.05, 3.63) is 95.3 Å². The van der Waals surface area contributed by atoms with Crippen LogP contribution >= 0.6 is 23.4 Å². The van der Waals surface area contributed by atoms with Crippen LogP contribution in [-0.4, -0.2) is 32.5 Å². The minimum atomic E-state index is -0.307. The monoisotopic (exact) mass is 530 g/mol. The fourth-order valence-electron chi connectivity index (χ4n) is 4.66. The smallest absolute Gasteiger partial charge is 0.191 e. The summed E-state index contributed by atoms with van der Waals surface area (Å²) in [5.41, 5.74) is 4.49. The van der Waals surface area contributed by atoms with E-state index in [4.69, 9.17) is 21.3 Å². The van der Waals surface area contributed by atoms with Gasteiger partial charge in [0.15, 0.2) is 11.0 Å². The average Bonchev–Trinajstić information content (AvgIpc) is 3.59. The lowest BCUT2D eigenvalue weighted by atomic mass is 10.0. The van der Waals surface area contributed by atoms with Gasteiger partial charge in [0.2, 0.25) is 0 Å². The van der Waals surface area contributed by atoms with Crippen molar-refractivity contribution in [3.63, 3.8) is 0 Å².